The van der Waals surface area contributed by atoms with Crippen molar-refractivity contribution in [2.24, 2.45) is 11.3 Å². The Labute approximate surface area is 147 Å². The molecule has 0 saturated heterocycles. The molecule has 0 aliphatic heterocycles. The van der Waals surface area contributed by atoms with Gasteiger partial charge in [0.1, 0.15) is 5.52 Å². The number of hydrogen-bond donors (Lipinski definition) is 2. The lowest BCUT2D eigenvalue weighted by Gasteiger charge is -2.22. The first-order valence-electron chi connectivity index (χ1n) is 8.22. The summed E-state index contributed by atoms with van der Waals surface area (Å²) in [5.74, 6) is 0.517. The lowest BCUT2D eigenvalue weighted by atomic mass is 9.84. The van der Waals surface area contributed by atoms with Gasteiger partial charge in [-0.15, -0.1) is 0 Å². The highest BCUT2D eigenvalue weighted by atomic mass is 16.5. The SMILES string of the molecule is COC(=O)Nc1nc2c(OC(=O)CC(C)CC(C)(C)C)cccc2[nH]1. The summed E-state index contributed by atoms with van der Waals surface area (Å²) in [6, 6.07) is 5.21. The van der Waals surface area contributed by atoms with Crippen molar-refractivity contribution >= 4 is 29.0 Å². The number of H-pyrrole nitrogens is 1. The predicted molar refractivity (Wildman–Crippen MR) is 95.6 cm³/mol. The quantitative estimate of drug-likeness (QED) is 0.627. The molecule has 136 valence electrons. The van der Waals surface area contributed by atoms with Crippen LogP contribution in [0.2, 0.25) is 0 Å². The van der Waals surface area contributed by atoms with Crippen LogP contribution in [0.4, 0.5) is 10.7 Å². The Kier molecular flexibility index (Phi) is 5.66. The van der Waals surface area contributed by atoms with E-state index in [1.165, 1.54) is 7.11 Å². The Balaban J connectivity index is 2.10. The van der Waals surface area contributed by atoms with Crippen LogP contribution in [-0.2, 0) is 9.53 Å². The minimum Gasteiger partial charge on any atom is -0.453 e. The first-order chi connectivity index (χ1) is 11.7. The van der Waals surface area contributed by atoms with Gasteiger partial charge in [-0.1, -0.05) is 33.8 Å². The Morgan fingerprint density at radius 2 is 2.04 bits per heavy atom. The first kappa shape index (κ1) is 18.8. The third-order valence-electron chi connectivity index (χ3n) is 3.58. The van der Waals surface area contributed by atoms with Crippen LogP contribution >= 0.6 is 0 Å². The largest absolute Gasteiger partial charge is 0.453 e. The molecule has 2 N–H and O–H groups in total. The summed E-state index contributed by atoms with van der Waals surface area (Å²) in [5, 5.41) is 2.45. The van der Waals surface area contributed by atoms with Crippen LogP contribution in [0.5, 0.6) is 5.75 Å². The normalized spacial score (nSPS) is 12.7. The van der Waals surface area contributed by atoms with Crippen molar-refractivity contribution in [1.29, 1.82) is 0 Å². The molecule has 0 aliphatic carbocycles. The van der Waals surface area contributed by atoms with E-state index in [0.29, 0.717) is 23.2 Å². The average Bonchev–Trinajstić information content (AvgIpc) is 2.88. The van der Waals surface area contributed by atoms with E-state index in [2.05, 4.69) is 40.8 Å². The van der Waals surface area contributed by atoms with Gasteiger partial charge in [0.25, 0.3) is 0 Å². The first-order valence-corrected chi connectivity index (χ1v) is 8.22. The second kappa shape index (κ2) is 7.55. The zero-order valence-corrected chi connectivity index (χ0v) is 15.3. The summed E-state index contributed by atoms with van der Waals surface area (Å²) >= 11 is 0. The van der Waals surface area contributed by atoms with Crippen LogP contribution in [0.15, 0.2) is 18.2 Å². The Morgan fingerprint density at radius 3 is 2.68 bits per heavy atom. The minimum atomic E-state index is -0.631. The molecule has 25 heavy (non-hydrogen) atoms. The predicted octanol–water partition coefficient (Wildman–Crippen LogP) is 4.11. The number of esters is 1. The second-order valence-electron chi connectivity index (χ2n) is 7.40. The van der Waals surface area contributed by atoms with E-state index in [1.54, 1.807) is 18.2 Å². The number of carbonyl (C=O) groups is 2. The number of fused-ring (bicyclic) bond motifs is 1. The van der Waals surface area contributed by atoms with E-state index in [-0.39, 0.29) is 23.3 Å². The monoisotopic (exact) mass is 347 g/mol. The zero-order chi connectivity index (χ0) is 18.6. The number of methoxy groups -OCH3 is 1. The van der Waals surface area contributed by atoms with Crippen LogP contribution in [-0.4, -0.2) is 29.1 Å². The Bertz CT molecular complexity index is 761. The fraction of sp³-hybridized carbons (Fsp3) is 0.500. The molecule has 7 heteroatoms. The van der Waals surface area contributed by atoms with E-state index in [9.17, 15) is 9.59 Å². The third kappa shape index (κ3) is 5.48. The molecule has 1 atom stereocenters. The fourth-order valence-electron chi connectivity index (χ4n) is 2.86. The van der Waals surface area contributed by atoms with Crippen LogP contribution in [0.25, 0.3) is 11.0 Å². The van der Waals surface area contributed by atoms with Crippen molar-refractivity contribution in [2.45, 2.75) is 40.5 Å². The number of hydrogen-bond acceptors (Lipinski definition) is 5. The average molecular weight is 347 g/mol. The van der Waals surface area contributed by atoms with Gasteiger partial charge in [0.05, 0.1) is 12.6 Å². The summed E-state index contributed by atoms with van der Waals surface area (Å²) in [4.78, 5) is 30.7. The molecule has 0 fully saturated rings. The molecule has 0 saturated carbocycles. The van der Waals surface area contributed by atoms with Crippen LogP contribution in [0.1, 0.15) is 40.5 Å². The van der Waals surface area contributed by atoms with Crippen molar-refractivity contribution in [3.63, 3.8) is 0 Å². The number of nitrogens with one attached hydrogen (secondary N) is 2. The van der Waals surface area contributed by atoms with Crippen LogP contribution in [0.3, 0.4) is 0 Å². The molecular weight excluding hydrogens is 322 g/mol. The van der Waals surface area contributed by atoms with Gasteiger partial charge in [0, 0.05) is 6.42 Å². The van der Waals surface area contributed by atoms with Gasteiger partial charge in [0.2, 0.25) is 5.95 Å². The zero-order valence-electron chi connectivity index (χ0n) is 15.3. The standard InChI is InChI=1S/C18H25N3O4/c1-11(10-18(2,3)4)9-14(22)25-13-8-6-7-12-15(13)20-16(19-12)21-17(23)24-5/h6-8,11H,9-10H2,1-5H3,(H2,19,20,21,23). The van der Waals surface area contributed by atoms with Crippen LogP contribution in [0, 0.1) is 11.3 Å². The van der Waals surface area contributed by atoms with E-state index in [0.717, 1.165) is 6.42 Å². The summed E-state index contributed by atoms with van der Waals surface area (Å²) in [6.45, 7) is 8.49. The number of aromatic amines is 1. The van der Waals surface area contributed by atoms with Crippen LogP contribution < -0.4 is 10.1 Å². The number of para-hydroxylation sites is 1. The molecule has 0 bridgehead atoms. The number of benzene rings is 1. The summed E-state index contributed by atoms with van der Waals surface area (Å²) < 4.78 is 10.0. The van der Waals surface area contributed by atoms with E-state index in [1.807, 2.05) is 6.92 Å². The second-order valence-corrected chi connectivity index (χ2v) is 7.40. The Morgan fingerprint density at radius 1 is 1.32 bits per heavy atom. The molecule has 2 rings (SSSR count). The van der Waals surface area contributed by atoms with Crippen molar-refractivity contribution in [2.75, 3.05) is 12.4 Å². The smallest absolute Gasteiger partial charge is 0.413 e. The van der Waals surface area contributed by atoms with E-state index >= 15 is 0 Å². The van der Waals surface area contributed by atoms with Gasteiger partial charge in [-0.3, -0.25) is 10.1 Å². The topological polar surface area (TPSA) is 93.3 Å². The maximum absolute atomic E-state index is 12.2. The van der Waals surface area contributed by atoms with E-state index < -0.39 is 6.09 Å². The van der Waals surface area contributed by atoms with Gasteiger partial charge in [0.15, 0.2) is 5.75 Å². The minimum absolute atomic E-state index is 0.163. The number of amides is 1. The molecule has 2 aromatic rings. The number of ether oxygens (including phenoxy) is 2. The highest BCUT2D eigenvalue weighted by Gasteiger charge is 2.20. The highest BCUT2D eigenvalue weighted by molar-refractivity contribution is 5.89. The number of aromatic nitrogens is 2. The maximum atomic E-state index is 12.2. The van der Waals surface area contributed by atoms with Crippen molar-refractivity contribution < 1.29 is 19.1 Å². The number of rotatable bonds is 5. The molecule has 0 radical (unpaired) electrons. The molecule has 1 aromatic heterocycles. The van der Waals surface area contributed by atoms with Crippen molar-refractivity contribution in [3.8, 4) is 5.75 Å². The van der Waals surface area contributed by atoms with Gasteiger partial charge in [-0.2, -0.15) is 0 Å². The number of anilines is 1. The molecule has 1 unspecified atom stereocenters. The number of imidazole rings is 1. The van der Waals surface area contributed by atoms with Crippen molar-refractivity contribution in [3.05, 3.63) is 18.2 Å². The third-order valence-corrected chi connectivity index (χ3v) is 3.58. The summed E-state index contributed by atoms with van der Waals surface area (Å²) in [5.41, 5.74) is 1.29. The highest BCUT2D eigenvalue weighted by Crippen LogP contribution is 2.28. The lowest BCUT2D eigenvalue weighted by Crippen LogP contribution is -2.17. The van der Waals surface area contributed by atoms with Gasteiger partial charge >= 0.3 is 12.1 Å². The molecule has 1 amide bonds. The fourth-order valence-corrected chi connectivity index (χ4v) is 2.86. The maximum Gasteiger partial charge on any atom is 0.413 e. The summed E-state index contributed by atoms with van der Waals surface area (Å²) in [7, 11) is 1.27. The molecular formula is C18H25N3O4. The summed E-state index contributed by atoms with van der Waals surface area (Å²) in [6.07, 6.45) is 0.640. The number of nitrogens with zero attached hydrogens (tertiary/aromatic N) is 1. The van der Waals surface area contributed by atoms with Gasteiger partial charge in [-0.25, -0.2) is 9.78 Å². The lowest BCUT2D eigenvalue weighted by molar-refractivity contribution is -0.135. The molecule has 0 spiro atoms. The molecule has 1 aromatic carbocycles. The molecule has 1 heterocycles. The molecule has 0 aliphatic rings. The molecule has 7 nitrogen and oxygen atoms in total. The van der Waals surface area contributed by atoms with E-state index in [4.69, 9.17) is 4.74 Å². The Hall–Kier alpha value is -2.57. The van der Waals surface area contributed by atoms with Crippen molar-refractivity contribution in [1.82, 2.24) is 9.97 Å². The number of carbonyl (C=O) groups excluding carboxylic acids is 2. The van der Waals surface area contributed by atoms with Gasteiger partial charge in [-0.05, 0) is 29.9 Å². The van der Waals surface area contributed by atoms with Gasteiger partial charge < -0.3 is 14.5 Å².